The minimum absolute atomic E-state index is 0.0464. The van der Waals surface area contributed by atoms with E-state index in [1.54, 1.807) is 12.1 Å². The van der Waals surface area contributed by atoms with Crippen molar-refractivity contribution in [3.63, 3.8) is 0 Å². The summed E-state index contributed by atoms with van der Waals surface area (Å²) in [7, 11) is -3.48. The Morgan fingerprint density at radius 3 is 2.33 bits per heavy atom. The third kappa shape index (κ3) is 4.38. The van der Waals surface area contributed by atoms with Gasteiger partial charge in [-0.05, 0) is 31.4 Å². The van der Waals surface area contributed by atoms with Crippen LogP contribution in [0.4, 0.5) is 0 Å². The summed E-state index contributed by atoms with van der Waals surface area (Å²) in [5.74, 6) is 0.0571. The molecule has 1 aromatic rings. The zero-order valence-corrected chi connectivity index (χ0v) is 13.3. The van der Waals surface area contributed by atoms with Gasteiger partial charge in [-0.2, -0.15) is 0 Å². The number of Topliss-reactive ketones (excluding diaryl/α,β-unsaturated/α-hetero) is 1. The molecule has 0 aromatic heterocycles. The fraction of sp³-hybridized carbons (Fsp3) is 0.562. The summed E-state index contributed by atoms with van der Waals surface area (Å²) in [5.41, 5.74) is 0.577. The van der Waals surface area contributed by atoms with Gasteiger partial charge in [0.05, 0.1) is 4.90 Å². The first-order valence-electron chi connectivity index (χ1n) is 7.68. The molecule has 1 aromatic carbocycles. The topological polar surface area (TPSA) is 63.2 Å². The number of hydrogen-bond donors (Lipinski definition) is 1. The normalized spacial score (nSPS) is 16.8. The Morgan fingerprint density at radius 1 is 1.14 bits per heavy atom. The van der Waals surface area contributed by atoms with E-state index in [4.69, 9.17) is 0 Å². The van der Waals surface area contributed by atoms with Crippen molar-refractivity contribution in [3.8, 4) is 0 Å². The molecular weight excluding hydrogens is 286 g/mol. The van der Waals surface area contributed by atoms with Crippen LogP contribution in [-0.2, 0) is 10.0 Å². The van der Waals surface area contributed by atoms with Crippen LogP contribution in [0.15, 0.2) is 29.2 Å². The molecule has 21 heavy (non-hydrogen) atoms. The Labute approximate surface area is 127 Å². The van der Waals surface area contributed by atoms with Crippen molar-refractivity contribution in [1.29, 1.82) is 0 Å². The second-order valence-electron chi connectivity index (χ2n) is 5.65. The van der Waals surface area contributed by atoms with Gasteiger partial charge >= 0.3 is 0 Å². The zero-order valence-electron chi connectivity index (χ0n) is 12.5. The highest BCUT2D eigenvalue weighted by atomic mass is 32.2. The van der Waals surface area contributed by atoms with Gasteiger partial charge in [-0.1, -0.05) is 38.3 Å². The number of carbonyl (C=O) groups is 1. The van der Waals surface area contributed by atoms with Gasteiger partial charge in [0.15, 0.2) is 5.78 Å². The van der Waals surface area contributed by atoms with Gasteiger partial charge in [0.25, 0.3) is 0 Å². The molecule has 2 rings (SSSR count). The zero-order chi connectivity index (χ0) is 15.3. The Morgan fingerprint density at radius 2 is 1.76 bits per heavy atom. The number of sulfonamides is 1. The van der Waals surface area contributed by atoms with Gasteiger partial charge in [-0.15, -0.1) is 0 Å². The van der Waals surface area contributed by atoms with Crippen molar-refractivity contribution >= 4 is 15.8 Å². The SMILES string of the molecule is CCCC(=O)c1ccc(S(=O)(=O)NC2CCCCC2)cc1. The lowest BCUT2D eigenvalue weighted by molar-refractivity contribution is 0.0981. The van der Waals surface area contributed by atoms with E-state index in [-0.39, 0.29) is 16.7 Å². The number of rotatable bonds is 6. The van der Waals surface area contributed by atoms with E-state index in [9.17, 15) is 13.2 Å². The monoisotopic (exact) mass is 309 g/mol. The maximum atomic E-state index is 12.3. The number of hydrogen-bond acceptors (Lipinski definition) is 3. The number of ketones is 1. The minimum Gasteiger partial charge on any atom is -0.294 e. The van der Waals surface area contributed by atoms with Crippen LogP contribution in [0.3, 0.4) is 0 Å². The van der Waals surface area contributed by atoms with Crippen LogP contribution in [0.1, 0.15) is 62.2 Å². The van der Waals surface area contributed by atoms with Crippen LogP contribution in [0, 0.1) is 0 Å². The first-order valence-corrected chi connectivity index (χ1v) is 9.17. The molecule has 0 amide bonds. The quantitative estimate of drug-likeness (QED) is 0.820. The third-order valence-corrected chi connectivity index (χ3v) is 5.43. The highest BCUT2D eigenvalue weighted by Crippen LogP contribution is 2.20. The standard InChI is InChI=1S/C16H23NO3S/c1-2-6-16(18)13-9-11-15(12-10-13)21(19,20)17-14-7-4-3-5-8-14/h9-12,14,17H,2-8H2,1H3. The molecule has 0 saturated heterocycles. The molecule has 1 N–H and O–H groups in total. The summed E-state index contributed by atoms with van der Waals surface area (Å²) in [5, 5.41) is 0. The van der Waals surface area contributed by atoms with E-state index in [0.717, 1.165) is 32.1 Å². The molecule has 0 heterocycles. The Bertz CT molecular complexity index is 572. The fourth-order valence-corrected chi connectivity index (χ4v) is 4.00. The van der Waals surface area contributed by atoms with Crippen molar-refractivity contribution in [2.24, 2.45) is 0 Å². The molecule has 0 unspecified atom stereocenters. The number of carbonyl (C=O) groups excluding carboxylic acids is 1. The van der Waals surface area contributed by atoms with Gasteiger partial charge in [0, 0.05) is 18.0 Å². The molecule has 0 aliphatic heterocycles. The summed E-state index contributed by atoms with van der Waals surface area (Å²) in [6.45, 7) is 1.95. The molecule has 5 heteroatoms. The first-order chi connectivity index (χ1) is 10.0. The molecule has 0 atom stereocenters. The smallest absolute Gasteiger partial charge is 0.240 e. The van der Waals surface area contributed by atoms with E-state index in [1.807, 2.05) is 6.92 Å². The maximum absolute atomic E-state index is 12.3. The summed E-state index contributed by atoms with van der Waals surface area (Å²) in [4.78, 5) is 12.0. The Kier molecular flexibility index (Phi) is 5.53. The Balaban J connectivity index is 2.07. The summed E-state index contributed by atoms with van der Waals surface area (Å²) < 4.78 is 27.4. The van der Waals surface area contributed by atoms with Crippen molar-refractivity contribution in [3.05, 3.63) is 29.8 Å². The third-order valence-electron chi connectivity index (χ3n) is 3.89. The highest BCUT2D eigenvalue weighted by Gasteiger charge is 2.21. The highest BCUT2D eigenvalue weighted by molar-refractivity contribution is 7.89. The van der Waals surface area contributed by atoms with Crippen LogP contribution < -0.4 is 4.72 Å². The second kappa shape index (κ2) is 7.18. The second-order valence-corrected chi connectivity index (χ2v) is 7.37. The largest absolute Gasteiger partial charge is 0.294 e. The lowest BCUT2D eigenvalue weighted by Gasteiger charge is -2.22. The summed E-state index contributed by atoms with van der Waals surface area (Å²) in [6, 6.07) is 6.30. The van der Waals surface area contributed by atoms with Gasteiger partial charge in [0.2, 0.25) is 10.0 Å². The molecule has 0 bridgehead atoms. The van der Waals surface area contributed by atoms with Gasteiger partial charge in [0.1, 0.15) is 0 Å². The number of benzene rings is 1. The molecule has 0 spiro atoms. The van der Waals surface area contributed by atoms with Gasteiger partial charge in [-0.3, -0.25) is 4.79 Å². The van der Waals surface area contributed by atoms with E-state index in [0.29, 0.717) is 12.0 Å². The van der Waals surface area contributed by atoms with E-state index >= 15 is 0 Å². The molecule has 1 fully saturated rings. The molecule has 116 valence electrons. The average molecular weight is 309 g/mol. The van der Waals surface area contributed by atoms with Crippen molar-refractivity contribution < 1.29 is 13.2 Å². The number of nitrogens with one attached hydrogen (secondary N) is 1. The molecule has 4 nitrogen and oxygen atoms in total. The van der Waals surface area contributed by atoms with Crippen molar-refractivity contribution in [2.75, 3.05) is 0 Å². The molecular formula is C16H23NO3S. The van der Waals surface area contributed by atoms with Crippen molar-refractivity contribution in [1.82, 2.24) is 4.72 Å². The lowest BCUT2D eigenvalue weighted by atomic mass is 9.96. The average Bonchev–Trinajstić information content (AvgIpc) is 2.48. The lowest BCUT2D eigenvalue weighted by Crippen LogP contribution is -2.36. The molecule has 0 radical (unpaired) electrons. The summed E-state index contributed by atoms with van der Waals surface area (Å²) in [6.07, 6.45) is 6.45. The predicted molar refractivity (Wildman–Crippen MR) is 82.9 cm³/mol. The van der Waals surface area contributed by atoms with E-state index < -0.39 is 10.0 Å². The molecule has 1 saturated carbocycles. The van der Waals surface area contributed by atoms with Crippen LogP contribution in [0.2, 0.25) is 0 Å². The van der Waals surface area contributed by atoms with Crippen LogP contribution in [0.25, 0.3) is 0 Å². The molecule has 1 aliphatic rings. The Hall–Kier alpha value is -1.20. The van der Waals surface area contributed by atoms with Crippen LogP contribution >= 0.6 is 0 Å². The van der Waals surface area contributed by atoms with Crippen LogP contribution in [0.5, 0.6) is 0 Å². The van der Waals surface area contributed by atoms with Gasteiger partial charge in [-0.25, -0.2) is 13.1 Å². The van der Waals surface area contributed by atoms with Crippen molar-refractivity contribution in [2.45, 2.75) is 62.8 Å². The van der Waals surface area contributed by atoms with E-state index in [1.165, 1.54) is 18.6 Å². The van der Waals surface area contributed by atoms with Gasteiger partial charge < -0.3 is 0 Å². The first kappa shape index (κ1) is 16.2. The van der Waals surface area contributed by atoms with E-state index in [2.05, 4.69) is 4.72 Å². The molecule has 1 aliphatic carbocycles. The fourth-order valence-electron chi connectivity index (χ4n) is 2.70. The predicted octanol–water partition coefficient (Wildman–Crippen LogP) is 3.28. The minimum atomic E-state index is -3.48. The summed E-state index contributed by atoms with van der Waals surface area (Å²) >= 11 is 0. The maximum Gasteiger partial charge on any atom is 0.240 e. The van der Waals surface area contributed by atoms with Crippen LogP contribution in [-0.4, -0.2) is 20.2 Å².